The monoisotopic (exact) mass is 366 g/mol. The van der Waals surface area contributed by atoms with E-state index < -0.39 is 0 Å². The molecule has 0 fully saturated rings. The number of nitrogens with zero attached hydrogens (tertiary/aromatic N) is 2. The third-order valence-corrected chi connectivity index (χ3v) is 4.27. The molecule has 0 unspecified atom stereocenters. The van der Waals surface area contributed by atoms with Crippen LogP contribution in [0.1, 0.15) is 17.0 Å². The fraction of sp³-hybridized carbons (Fsp3) is 0.188. The Morgan fingerprint density at radius 1 is 1.19 bits per heavy atom. The molecule has 21 heavy (non-hydrogen) atoms. The van der Waals surface area contributed by atoms with E-state index in [1.165, 1.54) is 6.07 Å². The summed E-state index contributed by atoms with van der Waals surface area (Å²) in [5.74, 6) is 0.721. The van der Waals surface area contributed by atoms with Crippen molar-refractivity contribution in [2.75, 3.05) is 0 Å². The topological polar surface area (TPSA) is 17.8 Å². The molecule has 0 aliphatic rings. The first-order valence-corrected chi connectivity index (χ1v) is 7.84. The second-order valence-electron chi connectivity index (χ2n) is 5.02. The van der Waals surface area contributed by atoms with Crippen molar-refractivity contribution in [3.8, 4) is 5.69 Å². The van der Waals surface area contributed by atoms with Crippen molar-refractivity contribution in [2.45, 2.75) is 19.7 Å². The van der Waals surface area contributed by atoms with Crippen molar-refractivity contribution in [1.82, 2.24) is 9.55 Å². The van der Waals surface area contributed by atoms with Gasteiger partial charge in [-0.3, -0.25) is 4.57 Å². The van der Waals surface area contributed by atoms with Crippen LogP contribution in [0.4, 0.5) is 4.39 Å². The number of benzene rings is 2. The lowest BCUT2D eigenvalue weighted by Gasteiger charge is -2.12. The molecule has 2 nitrogen and oxygen atoms in total. The van der Waals surface area contributed by atoms with E-state index in [4.69, 9.17) is 11.6 Å². The number of hydrogen-bond acceptors (Lipinski definition) is 1. The zero-order valence-electron chi connectivity index (χ0n) is 11.6. The Morgan fingerprint density at radius 3 is 2.67 bits per heavy atom. The molecular formula is C16H13BrClFN2. The Hall–Kier alpha value is -1.39. The van der Waals surface area contributed by atoms with Crippen LogP contribution in [-0.2, 0) is 5.88 Å². The smallest absolute Gasteiger partial charge is 0.129 e. The summed E-state index contributed by atoms with van der Waals surface area (Å²) < 4.78 is 16.7. The maximum atomic E-state index is 13.7. The fourth-order valence-corrected chi connectivity index (χ4v) is 2.96. The number of alkyl halides is 1. The Morgan fingerprint density at radius 2 is 1.95 bits per heavy atom. The number of imidazole rings is 1. The van der Waals surface area contributed by atoms with Gasteiger partial charge in [-0.15, -0.1) is 11.6 Å². The zero-order chi connectivity index (χ0) is 15.1. The van der Waals surface area contributed by atoms with E-state index in [9.17, 15) is 4.39 Å². The van der Waals surface area contributed by atoms with Gasteiger partial charge in [0, 0.05) is 10.5 Å². The Bertz CT molecular complexity index is 842. The van der Waals surface area contributed by atoms with Gasteiger partial charge in [0.2, 0.25) is 0 Å². The van der Waals surface area contributed by atoms with Crippen LogP contribution in [0.15, 0.2) is 34.8 Å². The maximum Gasteiger partial charge on any atom is 0.129 e. The van der Waals surface area contributed by atoms with Crippen molar-refractivity contribution < 1.29 is 4.39 Å². The predicted molar refractivity (Wildman–Crippen MR) is 87.8 cm³/mol. The lowest BCUT2D eigenvalue weighted by Crippen LogP contribution is -2.02. The van der Waals surface area contributed by atoms with Crippen molar-refractivity contribution in [3.63, 3.8) is 0 Å². The van der Waals surface area contributed by atoms with E-state index in [1.807, 2.05) is 35.8 Å². The number of aromatic nitrogens is 2. The number of halogens is 3. The first-order valence-electron chi connectivity index (χ1n) is 6.51. The van der Waals surface area contributed by atoms with Crippen molar-refractivity contribution in [2.24, 2.45) is 0 Å². The van der Waals surface area contributed by atoms with Crippen LogP contribution < -0.4 is 0 Å². The first kappa shape index (κ1) is 14.5. The SMILES string of the molecule is Cc1cc2c(cc1F)nc(CCl)n2-c1cc(Br)ccc1C. The predicted octanol–water partition coefficient (Wildman–Crippen LogP) is 5.28. The van der Waals surface area contributed by atoms with Gasteiger partial charge in [0.25, 0.3) is 0 Å². The van der Waals surface area contributed by atoms with Crippen molar-refractivity contribution in [3.05, 3.63) is 57.6 Å². The third kappa shape index (κ3) is 2.47. The lowest BCUT2D eigenvalue weighted by atomic mass is 10.1. The lowest BCUT2D eigenvalue weighted by molar-refractivity contribution is 0.620. The molecule has 3 aromatic rings. The van der Waals surface area contributed by atoms with Gasteiger partial charge >= 0.3 is 0 Å². The normalized spacial score (nSPS) is 11.3. The number of rotatable bonds is 2. The van der Waals surface area contributed by atoms with Crippen LogP contribution in [-0.4, -0.2) is 9.55 Å². The standard InChI is InChI=1S/C16H13BrClFN2/c1-9-3-4-11(17)6-14(9)21-15-5-10(2)12(19)7-13(15)20-16(21)8-18/h3-7H,8H2,1-2H3. The second kappa shape index (κ2) is 5.43. The molecule has 0 N–H and O–H groups in total. The highest BCUT2D eigenvalue weighted by Gasteiger charge is 2.15. The molecule has 1 aromatic heterocycles. The van der Waals surface area contributed by atoms with Crippen molar-refractivity contribution in [1.29, 1.82) is 0 Å². The largest absolute Gasteiger partial charge is 0.295 e. The quantitative estimate of drug-likeness (QED) is 0.563. The van der Waals surface area contributed by atoms with Gasteiger partial charge in [-0.1, -0.05) is 22.0 Å². The summed E-state index contributed by atoms with van der Waals surface area (Å²) >= 11 is 9.53. The fourth-order valence-electron chi connectivity index (χ4n) is 2.43. The Kier molecular flexibility index (Phi) is 3.76. The van der Waals surface area contributed by atoms with E-state index in [-0.39, 0.29) is 11.7 Å². The minimum atomic E-state index is -0.251. The summed E-state index contributed by atoms with van der Waals surface area (Å²) in [6.07, 6.45) is 0. The molecule has 0 atom stereocenters. The molecule has 0 aliphatic carbocycles. The molecule has 0 amide bonds. The summed E-state index contributed by atoms with van der Waals surface area (Å²) in [7, 11) is 0. The third-order valence-electron chi connectivity index (χ3n) is 3.54. The maximum absolute atomic E-state index is 13.7. The molecule has 1 heterocycles. The summed E-state index contributed by atoms with van der Waals surface area (Å²) in [4.78, 5) is 4.46. The van der Waals surface area contributed by atoms with E-state index in [2.05, 4.69) is 20.9 Å². The molecule has 0 saturated carbocycles. The Labute approximate surface area is 135 Å². The highest BCUT2D eigenvalue weighted by Crippen LogP contribution is 2.28. The van der Waals surface area contributed by atoms with Gasteiger partial charge in [0.05, 0.1) is 22.6 Å². The van der Waals surface area contributed by atoms with Gasteiger partial charge in [-0.05, 0) is 43.2 Å². The highest BCUT2D eigenvalue weighted by atomic mass is 79.9. The molecule has 0 saturated heterocycles. The van der Waals surface area contributed by atoms with Crippen molar-refractivity contribution >= 4 is 38.6 Å². The summed E-state index contributed by atoms with van der Waals surface area (Å²) in [5.41, 5.74) is 4.18. The van der Waals surface area contributed by atoms with E-state index >= 15 is 0 Å². The molecule has 0 spiro atoms. The van der Waals surface area contributed by atoms with Crippen LogP contribution in [0.5, 0.6) is 0 Å². The second-order valence-corrected chi connectivity index (χ2v) is 6.20. The van der Waals surface area contributed by atoms with Gasteiger partial charge in [-0.2, -0.15) is 0 Å². The van der Waals surface area contributed by atoms with Gasteiger partial charge in [0.1, 0.15) is 11.6 Å². The van der Waals surface area contributed by atoms with E-state index in [0.717, 1.165) is 21.2 Å². The average molecular weight is 368 g/mol. The average Bonchev–Trinajstić information content (AvgIpc) is 2.79. The molecule has 2 aromatic carbocycles. The van der Waals surface area contributed by atoms with Gasteiger partial charge in [0.15, 0.2) is 0 Å². The van der Waals surface area contributed by atoms with E-state index in [0.29, 0.717) is 16.9 Å². The molecular weight excluding hydrogens is 355 g/mol. The summed E-state index contributed by atoms with van der Waals surface area (Å²) in [6, 6.07) is 9.31. The minimum Gasteiger partial charge on any atom is -0.295 e. The molecule has 3 rings (SSSR count). The summed E-state index contributed by atoms with van der Waals surface area (Å²) in [5, 5.41) is 0. The molecule has 5 heteroatoms. The van der Waals surface area contributed by atoms with Crippen LogP contribution in [0, 0.1) is 19.7 Å². The molecule has 0 aliphatic heterocycles. The minimum absolute atomic E-state index is 0.251. The molecule has 0 bridgehead atoms. The molecule has 0 radical (unpaired) electrons. The van der Waals surface area contributed by atoms with Crippen LogP contribution in [0.2, 0.25) is 0 Å². The van der Waals surface area contributed by atoms with Crippen LogP contribution in [0.3, 0.4) is 0 Å². The van der Waals surface area contributed by atoms with Crippen LogP contribution >= 0.6 is 27.5 Å². The Balaban J connectivity index is 2.40. The van der Waals surface area contributed by atoms with Crippen LogP contribution in [0.25, 0.3) is 16.7 Å². The van der Waals surface area contributed by atoms with Gasteiger partial charge < -0.3 is 0 Å². The highest BCUT2D eigenvalue weighted by molar-refractivity contribution is 9.10. The van der Waals surface area contributed by atoms with E-state index in [1.54, 1.807) is 6.92 Å². The summed E-state index contributed by atoms with van der Waals surface area (Å²) in [6.45, 7) is 3.78. The molecule has 108 valence electrons. The zero-order valence-corrected chi connectivity index (χ0v) is 14.0. The number of aryl methyl sites for hydroxylation is 2. The number of fused-ring (bicyclic) bond motifs is 1. The number of hydrogen-bond donors (Lipinski definition) is 0. The van der Waals surface area contributed by atoms with Gasteiger partial charge in [-0.25, -0.2) is 9.37 Å². The first-order chi connectivity index (χ1) is 10.0.